The lowest BCUT2D eigenvalue weighted by Gasteiger charge is -2.31. The number of piperidine rings is 1. The Bertz CT molecular complexity index is 438. The molecule has 0 aliphatic carbocycles. The van der Waals surface area contributed by atoms with E-state index in [0.717, 1.165) is 18.0 Å². The van der Waals surface area contributed by atoms with Gasteiger partial charge in [0, 0.05) is 19.1 Å². The molecule has 2 heterocycles. The Labute approximate surface area is 117 Å². The summed E-state index contributed by atoms with van der Waals surface area (Å²) in [7, 11) is 0. The molecule has 0 aromatic heterocycles. The third-order valence-electron chi connectivity index (χ3n) is 4.35. The highest BCUT2D eigenvalue weighted by Crippen LogP contribution is 2.27. The molecule has 0 radical (unpaired) electrons. The van der Waals surface area contributed by atoms with Crippen molar-refractivity contribution in [3.8, 4) is 5.75 Å². The molecule has 2 bridgehead atoms. The van der Waals surface area contributed by atoms with Crippen molar-refractivity contribution in [2.24, 2.45) is 5.92 Å². The largest absolute Gasteiger partial charge is 0.435 e. The zero-order chi connectivity index (χ0) is 13.9. The Balaban J connectivity index is 1.50. The molecule has 1 aromatic rings. The molecule has 2 fully saturated rings. The summed E-state index contributed by atoms with van der Waals surface area (Å²) >= 11 is 0. The maximum Gasteiger partial charge on any atom is 0.387 e. The zero-order valence-corrected chi connectivity index (χ0v) is 11.4. The molecule has 20 heavy (non-hydrogen) atoms. The quantitative estimate of drug-likeness (QED) is 0.898. The van der Waals surface area contributed by atoms with Crippen LogP contribution in [0.5, 0.6) is 5.75 Å². The van der Waals surface area contributed by atoms with E-state index in [4.69, 9.17) is 0 Å². The first-order valence-electron chi connectivity index (χ1n) is 7.20. The minimum Gasteiger partial charge on any atom is -0.435 e. The first kappa shape index (κ1) is 13.8. The normalized spacial score (nSPS) is 28.9. The van der Waals surface area contributed by atoms with Gasteiger partial charge < -0.3 is 15.0 Å². The van der Waals surface area contributed by atoms with Crippen molar-refractivity contribution < 1.29 is 13.5 Å². The second-order valence-corrected chi connectivity index (χ2v) is 5.65. The predicted octanol–water partition coefficient (Wildman–Crippen LogP) is 2.47. The predicted molar refractivity (Wildman–Crippen MR) is 72.9 cm³/mol. The molecule has 110 valence electrons. The number of rotatable bonds is 5. The Morgan fingerprint density at radius 3 is 2.70 bits per heavy atom. The molecule has 1 aromatic carbocycles. The molecule has 1 N–H and O–H groups in total. The Morgan fingerprint density at radius 1 is 1.20 bits per heavy atom. The minimum atomic E-state index is -2.76. The molecule has 3 nitrogen and oxygen atoms in total. The zero-order valence-electron chi connectivity index (χ0n) is 11.4. The van der Waals surface area contributed by atoms with Gasteiger partial charge in [-0.25, -0.2) is 0 Å². The van der Waals surface area contributed by atoms with Gasteiger partial charge in [0.05, 0.1) is 0 Å². The van der Waals surface area contributed by atoms with Crippen LogP contribution in [0.15, 0.2) is 24.3 Å². The number of nitrogens with one attached hydrogen (secondary N) is 1. The average molecular weight is 282 g/mol. The smallest absolute Gasteiger partial charge is 0.387 e. The van der Waals surface area contributed by atoms with Gasteiger partial charge in [-0.1, -0.05) is 12.1 Å². The second kappa shape index (κ2) is 6.06. The van der Waals surface area contributed by atoms with E-state index in [1.54, 1.807) is 12.1 Å². The van der Waals surface area contributed by atoms with Crippen LogP contribution < -0.4 is 10.1 Å². The minimum absolute atomic E-state index is 0.216. The van der Waals surface area contributed by atoms with Crippen LogP contribution in [0.25, 0.3) is 0 Å². The molecule has 3 atom stereocenters. The van der Waals surface area contributed by atoms with Crippen LogP contribution in [0.1, 0.15) is 18.4 Å². The summed E-state index contributed by atoms with van der Waals surface area (Å²) in [5.74, 6) is 0.984. The van der Waals surface area contributed by atoms with Crippen molar-refractivity contribution in [2.45, 2.75) is 32.0 Å². The summed E-state index contributed by atoms with van der Waals surface area (Å²) < 4.78 is 28.5. The molecule has 3 rings (SSSR count). The van der Waals surface area contributed by atoms with Gasteiger partial charge in [0.1, 0.15) is 5.75 Å². The number of fused-ring (bicyclic) bond motifs is 2. The highest BCUT2D eigenvalue weighted by Gasteiger charge is 2.33. The van der Waals surface area contributed by atoms with Crippen LogP contribution in [0.4, 0.5) is 8.78 Å². The highest BCUT2D eigenvalue weighted by atomic mass is 19.3. The molecular formula is C15H20F2N2O. The van der Waals surface area contributed by atoms with E-state index in [1.807, 2.05) is 12.1 Å². The van der Waals surface area contributed by atoms with Crippen molar-refractivity contribution in [3.63, 3.8) is 0 Å². The third-order valence-corrected chi connectivity index (χ3v) is 4.35. The first-order valence-corrected chi connectivity index (χ1v) is 7.20. The number of halogens is 2. The number of nitrogens with zero attached hydrogens (tertiary/aromatic N) is 1. The van der Waals surface area contributed by atoms with Crippen molar-refractivity contribution >= 4 is 0 Å². The van der Waals surface area contributed by atoms with E-state index in [1.165, 1.54) is 32.5 Å². The molecule has 5 heteroatoms. The molecule has 0 saturated carbocycles. The van der Waals surface area contributed by atoms with E-state index in [2.05, 4.69) is 15.0 Å². The van der Waals surface area contributed by atoms with Gasteiger partial charge in [-0.15, -0.1) is 0 Å². The van der Waals surface area contributed by atoms with E-state index in [-0.39, 0.29) is 5.75 Å². The van der Waals surface area contributed by atoms with Crippen LogP contribution in [-0.2, 0) is 6.54 Å². The lowest BCUT2D eigenvalue weighted by Crippen LogP contribution is -2.43. The fourth-order valence-electron chi connectivity index (χ4n) is 3.26. The summed E-state index contributed by atoms with van der Waals surface area (Å²) in [4.78, 5) is 2.53. The van der Waals surface area contributed by atoms with Gasteiger partial charge in [0.15, 0.2) is 0 Å². The fourth-order valence-corrected chi connectivity index (χ4v) is 3.26. The lowest BCUT2D eigenvalue weighted by atomic mass is 9.94. The van der Waals surface area contributed by atoms with Gasteiger partial charge in [0.25, 0.3) is 0 Å². The van der Waals surface area contributed by atoms with Crippen molar-refractivity contribution in [2.75, 3.05) is 19.6 Å². The third kappa shape index (κ3) is 3.27. The molecule has 2 aliphatic rings. The Morgan fingerprint density at radius 2 is 1.95 bits per heavy atom. The summed E-state index contributed by atoms with van der Waals surface area (Å²) in [6.07, 6.45) is 2.50. The van der Waals surface area contributed by atoms with Gasteiger partial charge in [0.2, 0.25) is 0 Å². The highest BCUT2D eigenvalue weighted by molar-refractivity contribution is 5.27. The lowest BCUT2D eigenvalue weighted by molar-refractivity contribution is -0.0498. The summed E-state index contributed by atoms with van der Waals surface area (Å²) in [5, 5.41) is 3.61. The number of hydrogen-bond acceptors (Lipinski definition) is 3. The maximum atomic E-state index is 12.1. The van der Waals surface area contributed by atoms with Crippen LogP contribution in [0.2, 0.25) is 0 Å². The maximum absolute atomic E-state index is 12.1. The van der Waals surface area contributed by atoms with E-state index >= 15 is 0 Å². The van der Waals surface area contributed by atoms with E-state index in [0.29, 0.717) is 6.04 Å². The van der Waals surface area contributed by atoms with Gasteiger partial charge >= 0.3 is 6.61 Å². The van der Waals surface area contributed by atoms with Gasteiger partial charge in [-0.3, -0.25) is 0 Å². The SMILES string of the molecule is FC(F)Oc1ccc(CNC2CCN3CCC2C3)cc1. The van der Waals surface area contributed by atoms with E-state index in [9.17, 15) is 8.78 Å². The molecule has 2 saturated heterocycles. The van der Waals surface area contributed by atoms with E-state index < -0.39 is 6.61 Å². The second-order valence-electron chi connectivity index (χ2n) is 5.65. The standard InChI is InChI=1S/C15H20F2N2O/c16-15(17)20-13-3-1-11(2-4-13)9-18-14-6-8-19-7-5-12(14)10-19/h1-4,12,14-15,18H,5-10H2. The van der Waals surface area contributed by atoms with Crippen molar-refractivity contribution in [1.29, 1.82) is 0 Å². The molecular weight excluding hydrogens is 262 g/mol. The first-order chi connectivity index (χ1) is 9.70. The van der Waals surface area contributed by atoms with Crippen LogP contribution in [0.3, 0.4) is 0 Å². The number of hydrogen-bond donors (Lipinski definition) is 1. The van der Waals surface area contributed by atoms with Crippen molar-refractivity contribution in [1.82, 2.24) is 10.2 Å². The summed E-state index contributed by atoms with van der Waals surface area (Å²) in [6, 6.07) is 7.47. The number of benzene rings is 1. The Kier molecular flexibility index (Phi) is 4.17. The average Bonchev–Trinajstić information content (AvgIpc) is 2.81. The molecule has 0 amide bonds. The summed E-state index contributed by atoms with van der Waals surface area (Å²) in [6.45, 7) is 1.68. The molecule has 0 spiro atoms. The number of ether oxygens (including phenoxy) is 1. The van der Waals surface area contributed by atoms with Crippen LogP contribution in [0, 0.1) is 5.92 Å². The monoisotopic (exact) mass is 282 g/mol. The molecule has 2 aliphatic heterocycles. The Hall–Kier alpha value is -1.20. The topological polar surface area (TPSA) is 24.5 Å². The van der Waals surface area contributed by atoms with Gasteiger partial charge in [-0.2, -0.15) is 8.78 Å². The summed E-state index contributed by atoms with van der Waals surface area (Å²) in [5.41, 5.74) is 1.10. The van der Waals surface area contributed by atoms with Crippen molar-refractivity contribution in [3.05, 3.63) is 29.8 Å². The number of alkyl halides is 2. The van der Waals surface area contributed by atoms with Crippen LogP contribution >= 0.6 is 0 Å². The fraction of sp³-hybridized carbons (Fsp3) is 0.600. The molecule has 3 unspecified atom stereocenters. The van der Waals surface area contributed by atoms with Gasteiger partial charge in [-0.05, 0) is 49.5 Å². The van der Waals surface area contributed by atoms with Crippen LogP contribution in [-0.4, -0.2) is 37.2 Å².